The maximum Gasteiger partial charge on any atom is 0.181 e. The van der Waals surface area contributed by atoms with Crippen LogP contribution in [0.25, 0.3) is 11.3 Å². The second-order valence-corrected chi connectivity index (χ2v) is 5.09. The summed E-state index contributed by atoms with van der Waals surface area (Å²) in [4.78, 5) is 10.7. The minimum absolute atomic E-state index is 0.752. The summed E-state index contributed by atoms with van der Waals surface area (Å²) in [6.45, 7) is 0. The Hall–Kier alpha value is -2.62. The third kappa shape index (κ3) is 2.94. The lowest BCUT2D eigenvalue weighted by Gasteiger charge is -2.10. The molecule has 0 aliphatic heterocycles. The van der Waals surface area contributed by atoms with Crippen LogP contribution in [-0.4, -0.2) is 24.1 Å². The van der Waals surface area contributed by atoms with Gasteiger partial charge in [0.25, 0.3) is 0 Å². The zero-order valence-corrected chi connectivity index (χ0v) is 12.2. The highest BCUT2D eigenvalue weighted by Crippen LogP contribution is 2.25. The van der Waals surface area contributed by atoms with Crippen LogP contribution in [-0.2, 0) is 6.42 Å². The Morgan fingerprint density at radius 2 is 1.81 bits per heavy atom. The zero-order chi connectivity index (χ0) is 14.7. The monoisotopic (exact) mass is 279 g/mol. The van der Waals surface area contributed by atoms with Crippen LogP contribution in [0.4, 0.5) is 5.82 Å². The molecule has 0 unspecified atom stereocenters. The van der Waals surface area contributed by atoms with Crippen LogP contribution in [0.15, 0.2) is 59.5 Å². The van der Waals surface area contributed by atoms with Crippen molar-refractivity contribution in [1.29, 1.82) is 0 Å². The average Bonchev–Trinajstić information content (AvgIpc) is 2.96. The van der Waals surface area contributed by atoms with Crippen LogP contribution >= 0.6 is 0 Å². The van der Waals surface area contributed by atoms with Gasteiger partial charge < -0.3 is 9.32 Å². The molecule has 21 heavy (non-hydrogen) atoms. The van der Waals surface area contributed by atoms with Crippen molar-refractivity contribution in [2.24, 2.45) is 0 Å². The third-order valence-corrected chi connectivity index (χ3v) is 3.32. The van der Waals surface area contributed by atoms with Gasteiger partial charge in [-0.2, -0.15) is 0 Å². The Kier molecular flexibility index (Phi) is 3.69. The molecular formula is C17H17N3O. The Labute approximate surface area is 124 Å². The number of benzene rings is 1. The van der Waals surface area contributed by atoms with Crippen molar-refractivity contribution in [2.45, 2.75) is 6.42 Å². The lowest BCUT2D eigenvalue weighted by atomic mass is 10.1. The van der Waals surface area contributed by atoms with E-state index in [4.69, 9.17) is 4.42 Å². The summed E-state index contributed by atoms with van der Waals surface area (Å²) in [5.74, 6) is 1.71. The van der Waals surface area contributed by atoms with E-state index < -0.39 is 0 Å². The van der Waals surface area contributed by atoms with Gasteiger partial charge in [-0.15, -0.1) is 0 Å². The van der Waals surface area contributed by atoms with Gasteiger partial charge in [0.2, 0.25) is 0 Å². The van der Waals surface area contributed by atoms with E-state index in [0.29, 0.717) is 0 Å². The van der Waals surface area contributed by atoms with Gasteiger partial charge in [0, 0.05) is 32.3 Å². The maximum atomic E-state index is 5.56. The highest BCUT2D eigenvalue weighted by Gasteiger charge is 2.12. The molecule has 4 heteroatoms. The number of nitrogens with zero attached hydrogens (tertiary/aromatic N) is 3. The van der Waals surface area contributed by atoms with Crippen molar-refractivity contribution in [3.63, 3.8) is 0 Å². The van der Waals surface area contributed by atoms with Crippen molar-refractivity contribution < 1.29 is 4.42 Å². The van der Waals surface area contributed by atoms with E-state index in [1.165, 1.54) is 12.0 Å². The van der Waals surface area contributed by atoms with E-state index in [2.05, 4.69) is 22.1 Å². The average molecular weight is 279 g/mol. The molecule has 0 atom stereocenters. The maximum absolute atomic E-state index is 5.56. The highest BCUT2D eigenvalue weighted by atomic mass is 16.3. The van der Waals surface area contributed by atoms with E-state index in [1.807, 2.05) is 55.5 Å². The van der Waals surface area contributed by atoms with Crippen LogP contribution in [0, 0.1) is 0 Å². The Morgan fingerprint density at radius 3 is 2.48 bits per heavy atom. The van der Waals surface area contributed by atoms with Gasteiger partial charge in [0.1, 0.15) is 5.82 Å². The number of rotatable bonds is 4. The molecule has 4 nitrogen and oxygen atoms in total. The van der Waals surface area contributed by atoms with E-state index in [0.717, 1.165) is 29.3 Å². The second kappa shape index (κ2) is 5.79. The first-order chi connectivity index (χ1) is 10.2. The molecule has 0 saturated heterocycles. The molecule has 0 fully saturated rings. The summed E-state index contributed by atoms with van der Waals surface area (Å²) in [6, 6.07) is 14.2. The number of hydrogen-bond donors (Lipinski definition) is 0. The first-order valence-corrected chi connectivity index (χ1v) is 6.84. The van der Waals surface area contributed by atoms with Gasteiger partial charge in [-0.25, -0.2) is 9.97 Å². The molecule has 2 aromatic heterocycles. The summed E-state index contributed by atoms with van der Waals surface area (Å²) in [6.07, 6.45) is 4.07. The topological polar surface area (TPSA) is 42.2 Å². The molecule has 3 rings (SSSR count). The minimum Gasteiger partial charge on any atom is -0.443 e. The third-order valence-electron chi connectivity index (χ3n) is 3.32. The fourth-order valence-corrected chi connectivity index (χ4v) is 2.20. The molecule has 0 amide bonds. The molecule has 0 bridgehead atoms. The van der Waals surface area contributed by atoms with E-state index in [-0.39, 0.29) is 0 Å². The van der Waals surface area contributed by atoms with Crippen molar-refractivity contribution in [2.75, 3.05) is 19.0 Å². The van der Waals surface area contributed by atoms with Crippen LogP contribution in [0.1, 0.15) is 11.3 Å². The van der Waals surface area contributed by atoms with Crippen LogP contribution in [0.3, 0.4) is 0 Å². The van der Waals surface area contributed by atoms with Crippen LogP contribution in [0.2, 0.25) is 0 Å². The zero-order valence-electron chi connectivity index (χ0n) is 12.2. The van der Waals surface area contributed by atoms with Crippen molar-refractivity contribution in [3.8, 4) is 11.3 Å². The number of hydrogen-bond acceptors (Lipinski definition) is 4. The Morgan fingerprint density at radius 1 is 1.00 bits per heavy atom. The molecule has 0 aliphatic carbocycles. The molecule has 2 heterocycles. The Bertz CT molecular complexity index is 702. The lowest BCUT2D eigenvalue weighted by molar-refractivity contribution is 0.571. The van der Waals surface area contributed by atoms with Gasteiger partial charge in [-0.1, -0.05) is 30.3 Å². The molecule has 3 aromatic rings. The van der Waals surface area contributed by atoms with Gasteiger partial charge in [0.05, 0.1) is 5.69 Å². The quantitative estimate of drug-likeness (QED) is 0.734. The van der Waals surface area contributed by atoms with Gasteiger partial charge in [0.15, 0.2) is 12.2 Å². The predicted octanol–water partition coefficient (Wildman–Crippen LogP) is 3.39. The van der Waals surface area contributed by atoms with E-state index >= 15 is 0 Å². The molecular weight excluding hydrogens is 262 g/mol. The molecule has 0 N–H and O–H groups in total. The second-order valence-electron chi connectivity index (χ2n) is 5.09. The molecule has 0 saturated carbocycles. The fraction of sp³-hybridized carbons (Fsp3) is 0.176. The number of pyridine rings is 1. The van der Waals surface area contributed by atoms with Gasteiger partial charge in [-0.05, 0) is 17.7 Å². The lowest BCUT2D eigenvalue weighted by Crippen LogP contribution is -2.10. The SMILES string of the molecule is CN(C)c1ccc(-c2ocnc2Cc2ccccc2)cn1. The molecule has 106 valence electrons. The Balaban J connectivity index is 1.88. The summed E-state index contributed by atoms with van der Waals surface area (Å²) in [5, 5.41) is 0. The number of aromatic nitrogens is 2. The van der Waals surface area contributed by atoms with Crippen molar-refractivity contribution in [1.82, 2.24) is 9.97 Å². The van der Waals surface area contributed by atoms with Crippen molar-refractivity contribution >= 4 is 5.82 Å². The fourth-order valence-electron chi connectivity index (χ4n) is 2.20. The summed E-state index contributed by atoms with van der Waals surface area (Å²) in [7, 11) is 3.94. The highest BCUT2D eigenvalue weighted by molar-refractivity contribution is 5.61. The molecule has 0 radical (unpaired) electrons. The van der Waals surface area contributed by atoms with Gasteiger partial charge >= 0.3 is 0 Å². The number of anilines is 1. The predicted molar refractivity (Wildman–Crippen MR) is 83.3 cm³/mol. The van der Waals surface area contributed by atoms with Crippen molar-refractivity contribution in [3.05, 3.63) is 66.3 Å². The van der Waals surface area contributed by atoms with Crippen LogP contribution < -0.4 is 4.90 Å². The minimum atomic E-state index is 0.752. The standard InChI is InChI=1S/C17H17N3O/c1-20(2)16-9-8-14(11-18-16)17-15(19-12-21-17)10-13-6-4-3-5-7-13/h3-9,11-12H,10H2,1-2H3. The summed E-state index contributed by atoms with van der Waals surface area (Å²) < 4.78 is 5.56. The number of oxazole rings is 1. The molecule has 0 aliphatic rings. The van der Waals surface area contributed by atoms with Crippen LogP contribution in [0.5, 0.6) is 0 Å². The summed E-state index contributed by atoms with van der Waals surface area (Å²) >= 11 is 0. The first-order valence-electron chi connectivity index (χ1n) is 6.84. The summed E-state index contributed by atoms with van der Waals surface area (Å²) in [5.41, 5.74) is 3.09. The van der Waals surface area contributed by atoms with Gasteiger partial charge in [-0.3, -0.25) is 0 Å². The first kappa shape index (κ1) is 13.4. The largest absolute Gasteiger partial charge is 0.443 e. The normalized spacial score (nSPS) is 10.6. The molecule has 0 spiro atoms. The van der Waals surface area contributed by atoms with E-state index in [9.17, 15) is 0 Å². The molecule has 1 aromatic carbocycles. The smallest absolute Gasteiger partial charge is 0.181 e. The van der Waals surface area contributed by atoms with E-state index in [1.54, 1.807) is 0 Å².